The van der Waals surface area contributed by atoms with E-state index in [2.05, 4.69) is 47.1 Å². The molecule has 3 rings (SSSR count). The highest BCUT2D eigenvalue weighted by atomic mass is 16.1. The summed E-state index contributed by atoms with van der Waals surface area (Å²) in [5, 5.41) is 3.11. The van der Waals surface area contributed by atoms with Crippen molar-refractivity contribution in [3.63, 3.8) is 0 Å². The number of nitrogens with zero attached hydrogens (tertiary/aromatic N) is 1. The van der Waals surface area contributed by atoms with E-state index in [0.29, 0.717) is 12.6 Å². The van der Waals surface area contributed by atoms with Gasteiger partial charge in [0.2, 0.25) is 0 Å². The summed E-state index contributed by atoms with van der Waals surface area (Å²) in [6.45, 7) is 2.72. The Morgan fingerprint density at radius 1 is 1.04 bits per heavy atom. The van der Waals surface area contributed by atoms with E-state index >= 15 is 0 Å². The Kier molecular flexibility index (Phi) is 4.97. The number of aryl methyl sites for hydroxylation is 1. The van der Waals surface area contributed by atoms with Crippen LogP contribution >= 0.6 is 0 Å². The standard InChI is InChI=1S/C20H26N2O/c1-15-8-10-16(11-9-15)19-13-12-17(14-21-2)20(23)22(19)18-6-4-3-5-7-18/h8-13,18,21H,3-7,14H2,1-2H3. The van der Waals surface area contributed by atoms with Gasteiger partial charge >= 0.3 is 0 Å². The molecule has 1 aromatic heterocycles. The van der Waals surface area contributed by atoms with Gasteiger partial charge in [0.05, 0.1) is 5.69 Å². The molecule has 23 heavy (non-hydrogen) atoms. The first-order valence-corrected chi connectivity index (χ1v) is 8.67. The van der Waals surface area contributed by atoms with Crippen LogP contribution in [0.1, 0.15) is 49.3 Å². The molecular weight excluding hydrogens is 284 g/mol. The maximum atomic E-state index is 13.0. The predicted molar refractivity (Wildman–Crippen MR) is 95.8 cm³/mol. The van der Waals surface area contributed by atoms with E-state index in [1.54, 1.807) is 0 Å². The van der Waals surface area contributed by atoms with E-state index in [1.807, 2.05) is 13.1 Å². The molecule has 0 atom stereocenters. The molecule has 0 saturated heterocycles. The fourth-order valence-electron chi connectivity index (χ4n) is 3.58. The second kappa shape index (κ2) is 7.14. The van der Waals surface area contributed by atoms with E-state index in [1.165, 1.54) is 24.8 Å². The summed E-state index contributed by atoms with van der Waals surface area (Å²) in [5.41, 5.74) is 4.46. The van der Waals surface area contributed by atoms with Gasteiger partial charge < -0.3 is 9.88 Å². The van der Waals surface area contributed by atoms with Crippen molar-refractivity contribution in [1.82, 2.24) is 9.88 Å². The molecule has 1 aromatic carbocycles. The second-order valence-electron chi connectivity index (χ2n) is 6.61. The van der Waals surface area contributed by atoms with Crippen molar-refractivity contribution in [2.24, 2.45) is 0 Å². The largest absolute Gasteiger partial charge is 0.315 e. The Hall–Kier alpha value is -1.87. The summed E-state index contributed by atoms with van der Waals surface area (Å²) in [5.74, 6) is 0. The molecule has 1 saturated carbocycles. The quantitative estimate of drug-likeness (QED) is 0.924. The van der Waals surface area contributed by atoms with Crippen LogP contribution in [-0.4, -0.2) is 11.6 Å². The Morgan fingerprint density at radius 2 is 1.74 bits per heavy atom. The SMILES string of the molecule is CNCc1ccc(-c2ccc(C)cc2)n(C2CCCCC2)c1=O. The summed E-state index contributed by atoms with van der Waals surface area (Å²) < 4.78 is 2.07. The number of hydrogen-bond acceptors (Lipinski definition) is 2. The van der Waals surface area contributed by atoms with Crippen molar-refractivity contribution in [2.45, 2.75) is 51.6 Å². The van der Waals surface area contributed by atoms with Crippen LogP contribution in [0.3, 0.4) is 0 Å². The Morgan fingerprint density at radius 3 is 2.39 bits per heavy atom. The summed E-state index contributed by atoms with van der Waals surface area (Å²) >= 11 is 0. The monoisotopic (exact) mass is 310 g/mol. The van der Waals surface area contributed by atoms with E-state index in [9.17, 15) is 4.79 Å². The molecule has 1 aliphatic carbocycles. The molecule has 3 heteroatoms. The van der Waals surface area contributed by atoms with Crippen LogP contribution in [0.4, 0.5) is 0 Å². The van der Waals surface area contributed by atoms with Crippen LogP contribution in [0.25, 0.3) is 11.3 Å². The maximum absolute atomic E-state index is 13.0. The van der Waals surface area contributed by atoms with Crippen molar-refractivity contribution in [3.05, 3.63) is 57.9 Å². The Bertz CT molecular complexity index is 709. The molecule has 1 aliphatic rings. The zero-order chi connectivity index (χ0) is 16.2. The van der Waals surface area contributed by atoms with Crippen LogP contribution in [0.15, 0.2) is 41.2 Å². The molecule has 0 radical (unpaired) electrons. The number of hydrogen-bond donors (Lipinski definition) is 1. The summed E-state index contributed by atoms with van der Waals surface area (Å²) in [6.07, 6.45) is 5.96. The third-order valence-electron chi connectivity index (χ3n) is 4.85. The van der Waals surface area contributed by atoms with Gasteiger partial charge in [-0.2, -0.15) is 0 Å². The van der Waals surface area contributed by atoms with Gasteiger partial charge in [-0.25, -0.2) is 0 Å². The lowest BCUT2D eigenvalue weighted by Gasteiger charge is -2.27. The highest BCUT2D eigenvalue weighted by molar-refractivity contribution is 5.60. The van der Waals surface area contributed by atoms with Crippen LogP contribution in [0.5, 0.6) is 0 Å². The van der Waals surface area contributed by atoms with Crippen molar-refractivity contribution in [2.75, 3.05) is 7.05 Å². The molecule has 0 amide bonds. The highest BCUT2D eigenvalue weighted by Crippen LogP contribution is 2.31. The van der Waals surface area contributed by atoms with Crippen molar-refractivity contribution in [3.8, 4) is 11.3 Å². The van der Waals surface area contributed by atoms with Crippen LogP contribution < -0.4 is 10.9 Å². The lowest BCUT2D eigenvalue weighted by atomic mass is 9.94. The molecule has 0 bridgehead atoms. The number of benzene rings is 1. The number of rotatable bonds is 4. The molecule has 0 unspecified atom stereocenters. The molecular formula is C20H26N2O. The molecule has 1 heterocycles. The predicted octanol–water partition coefficient (Wildman–Crippen LogP) is 4.05. The fraction of sp³-hybridized carbons (Fsp3) is 0.450. The second-order valence-corrected chi connectivity index (χ2v) is 6.61. The van der Waals surface area contributed by atoms with E-state index in [-0.39, 0.29) is 5.56 Å². The Balaban J connectivity index is 2.12. The zero-order valence-corrected chi connectivity index (χ0v) is 14.1. The molecule has 0 spiro atoms. The van der Waals surface area contributed by atoms with Gasteiger partial charge in [0.1, 0.15) is 0 Å². The normalized spacial score (nSPS) is 15.7. The lowest BCUT2D eigenvalue weighted by molar-refractivity contribution is 0.348. The topological polar surface area (TPSA) is 34.0 Å². The average molecular weight is 310 g/mol. The van der Waals surface area contributed by atoms with Gasteiger partial charge in [-0.05, 0) is 38.4 Å². The molecule has 3 nitrogen and oxygen atoms in total. The van der Waals surface area contributed by atoms with Gasteiger partial charge in [-0.3, -0.25) is 4.79 Å². The van der Waals surface area contributed by atoms with Crippen molar-refractivity contribution in [1.29, 1.82) is 0 Å². The zero-order valence-electron chi connectivity index (χ0n) is 14.1. The third kappa shape index (κ3) is 3.40. The molecule has 0 aliphatic heterocycles. The molecule has 2 aromatic rings. The highest BCUT2D eigenvalue weighted by Gasteiger charge is 2.21. The first-order valence-electron chi connectivity index (χ1n) is 8.67. The molecule has 122 valence electrons. The Labute approximate surface area is 138 Å². The molecule has 1 N–H and O–H groups in total. The minimum Gasteiger partial charge on any atom is -0.315 e. The van der Waals surface area contributed by atoms with Gasteiger partial charge in [0.25, 0.3) is 5.56 Å². The van der Waals surface area contributed by atoms with E-state index < -0.39 is 0 Å². The number of nitrogens with one attached hydrogen (secondary N) is 1. The van der Waals surface area contributed by atoms with Crippen molar-refractivity contribution >= 4 is 0 Å². The van der Waals surface area contributed by atoms with Gasteiger partial charge in [-0.15, -0.1) is 0 Å². The van der Waals surface area contributed by atoms with Crippen LogP contribution in [0.2, 0.25) is 0 Å². The first kappa shape index (κ1) is 16.0. The number of pyridine rings is 1. The summed E-state index contributed by atoms with van der Waals surface area (Å²) in [4.78, 5) is 13.0. The minimum atomic E-state index is 0.171. The molecule has 1 fully saturated rings. The third-order valence-corrected chi connectivity index (χ3v) is 4.85. The van der Waals surface area contributed by atoms with E-state index in [0.717, 1.165) is 29.7 Å². The van der Waals surface area contributed by atoms with Gasteiger partial charge in [-0.1, -0.05) is 55.2 Å². The van der Waals surface area contributed by atoms with Crippen molar-refractivity contribution < 1.29 is 0 Å². The van der Waals surface area contributed by atoms with Crippen LogP contribution in [0, 0.1) is 6.92 Å². The fourth-order valence-corrected chi connectivity index (χ4v) is 3.58. The van der Waals surface area contributed by atoms with Crippen LogP contribution in [-0.2, 0) is 6.54 Å². The smallest absolute Gasteiger partial charge is 0.255 e. The summed E-state index contributed by atoms with van der Waals surface area (Å²) in [6, 6.07) is 12.9. The lowest BCUT2D eigenvalue weighted by Crippen LogP contribution is -2.31. The average Bonchev–Trinajstić information content (AvgIpc) is 2.58. The minimum absolute atomic E-state index is 0.171. The van der Waals surface area contributed by atoms with E-state index in [4.69, 9.17) is 0 Å². The van der Waals surface area contributed by atoms with Gasteiger partial charge in [0, 0.05) is 18.2 Å². The van der Waals surface area contributed by atoms with Gasteiger partial charge in [0.15, 0.2) is 0 Å². The first-order chi connectivity index (χ1) is 11.2. The number of aromatic nitrogens is 1. The summed E-state index contributed by atoms with van der Waals surface area (Å²) in [7, 11) is 1.89. The maximum Gasteiger partial charge on any atom is 0.255 e.